The summed E-state index contributed by atoms with van der Waals surface area (Å²) in [4.78, 5) is 0. The standard InChI is InChI=1S/C19H22FNO3S/c1-15-4-2-3-5-16(15)14-25(22,23)21-12-10-19(11-13-21)24-18-8-6-17(20)7-9-18/h2-9,19H,10-14H2,1H3. The lowest BCUT2D eigenvalue weighted by Gasteiger charge is -2.31. The van der Waals surface area contributed by atoms with Crippen LogP contribution in [-0.2, 0) is 15.8 Å². The molecule has 0 spiro atoms. The molecule has 1 heterocycles. The van der Waals surface area contributed by atoms with Crippen LogP contribution in [0.1, 0.15) is 24.0 Å². The Balaban J connectivity index is 1.57. The summed E-state index contributed by atoms with van der Waals surface area (Å²) in [5, 5.41) is 0. The zero-order chi connectivity index (χ0) is 17.9. The molecule has 2 aromatic rings. The smallest absolute Gasteiger partial charge is 0.218 e. The Labute approximate surface area is 148 Å². The van der Waals surface area contributed by atoms with E-state index < -0.39 is 10.0 Å². The molecule has 134 valence electrons. The van der Waals surface area contributed by atoms with E-state index >= 15 is 0 Å². The number of aryl methyl sites for hydroxylation is 1. The summed E-state index contributed by atoms with van der Waals surface area (Å²) < 4.78 is 45.6. The van der Waals surface area contributed by atoms with Crippen LogP contribution in [0.25, 0.3) is 0 Å². The SMILES string of the molecule is Cc1ccccc1CS(=O)(=O)N1CCC(Oc2ccc(F)cc2)CC1. The fraction of sp³-hybridized carbons (Fsp3) is 0.368. The first-order valence-corrected chi connectivity index (χ1v) is 9.99. The summed E-state index contributed by atoms with van der Waals surface area (Å²) in [5.41, 5.74) is 1.83. The van der Waals surface area contributed by atoms with Crippen LogP contribution < -0.4 is 4.74 Å². The van der Waals surface area contributed by atoms with Crippen LogP contribution in [0.5, 0.6) is 5.75 Å². The van der Waals surface area contributed by atoms with Crippen LogP contribution in [0, 0.1) is 12.7 Å². The molecule has 0 amide bonds. The van der Waals surface area contributed by atoms with Gasteiger partial charge in [-0.15, -0.1) is 0 Å². The second-order valence-electron chi connectivity index (χ2n) is 6.35. The summed E-state index contributed by atoms with van der Waals surface area (Å²) in [5.74, 6) is 0.343. The van der Waals surface area contributed by atoms with E-state index in [1.54, 1.807) is 16.4 Å². The Hall–Kier alpha value is -1.92. The van der Waals surface area contributed by atoms with Gasteiger partial charge in [0.05, 0.1) is 5.75 Å². The quantitative estimate of drug-likeness (QED) is 0.817. The predicted octanol–water partition coefficient (Wildman–Crippen LogP) is 3.51. The normalized spacial score (nSPS) is 16.7. The van der Waals surface area contributed by atoms with Crippen molar-refractivity contribution in [3.63, 3.8) is 0 Å². The van der Waals surface area contributed by atoms with Gasteiger partial charge >= 0.3 is 0 Å². The van der Waals surface area contributed by atoms with Gasteiger partial charge in [0.15, 0.2) is 0 Å². The Bertz CT molecular complexity index is 813. The minimum atomic E-state index is -3.33. The van der Waals surface area contributed by atoms with E-state index in [4.69, 9.17) is 4.74 Å². The summed E-state index contributed by atoms with van der Waals surface area (Å²) in [6.45, 7) is 2.81. The molecule has 3 rings (SSSR count). The molecule has 1 saturated heterocycles. The van der Waals surface area contributed by atoms with Gasteiger partial charge in [0.1, 0.15) is 17.7 Å². The van der Waals surface area contributed by atoms with Crippen LogP contribution in [0.15, 0.2) is 48.5 Å². The van der Waals surface area contributed by atoms with Crippen LogP contribution in [0.4, 0.5) is 4.39 Å². The third-order valence-corrected chi connectivity index (χ3v) is 6.34. The molecule has 0 N–H and O–H groups in total. The first-order valence-electron chi connectivity index (χ1n) is 8.38. The Kier molecular flexibility index (Phi) is 5.39. The van der Waals surface area contributed by atoms with E-state index in [9.17, 15) is 12.8 Å². The molecule has 0 bridgehead atoms. The molecule has 2 aromatic carbocycles. The van der Waals surface area contributed by atoms with Gasteiger partial charge in [-0.05, 0) is 55.2 Å². The fourth-order valence-corrected chi connectivity index (χ4v) is 4.66. The molecule has 0 radical (unpaired) electrons. The van der Waals surface area contributed by atoms with Crippen LogP contribution in [0.2, 0.25) is 0 Å². The van der Waals surface area contributed by atoms with Crippen molar-refractivity contribution >= 4 is 10.0 Å². The molecule has 0 unspecified atom stereocenters. The molecule has 6 heteroatoms. The molecule has 4 nitrogen and oxygen atoms in total. The highest BCUT2D eigenvalue weighted by Crippen LogP contribution is 2.23. The van der Waals surface area contributed by atoms with Crippen LogP contribution in [0.3, 0.4) is 0 Å². The van der Waals surface area contributed by atoms with E-state index in [2.05, 4.69) is 0 Å². The number of piperidine rings is 1. The molecular weight excluding hydrogens is 341 g/mol. The molecule has 0 aromatic heterocycles. The van der Waals surface area contributed by atoms with Gasteiger partial charge in [-0.2, -0.15) is 0 Å². The molecule has 0 aliphatic carbocycles. The largest absolute Gasteiger partial charge is 0.490 e. The van der Waals surface area contributed by atoms with E-state index in [1.165, 1.54) is 12.1 Å². The lowest BCUT2D eigenvalue weighted by atomic mass is 10.1. The van der Waals surface area contributed by atoms with Crippen molar-refractivity contribution in [2.24, 2.45) is 0 Å². The summed E-state index contributed by atoms with van der Waals surface area (Å²) in [6.07, 6.45) is 1.21. The Morgan fingerprint density at radius 1 is 1.08 bits per heavy atom. The summed E-state index contributed by atoms with van der Waals surface area (Å²) in [7, 11) is -3.33. The van der Waals surface area contributed by atoms with Crippen molar-refractivity contribution in [3.8, 4) is 5.75 Å². The van der Waals surface area contributed by atoms with E-state index in [1.807, 2.05) is 31.2 Å². The predicted molar refractivity (Wildman–Crippen MR) is 95.4 cm³/mol. The Morgan fingerprint density at radius 2 is 1.72 bits per heavy atom. The van der Waals surface area contributed by atoms with Gasteiger partial charge in [-0.3, -0.25) is 0 Å². The van der Waals surface area contributed by atoms with Crippen molar-refractivity contribution in [2.75, 3.05) is 13.1 Å². The highest BCUT2D eigenvalue weighted by molar-refractivity contribution is 7.88. The first kappa shape index (κ1) is 17.9. The first-order chi connectivity index (χ1) is 11.9. The lowest BCUT2D eigenvalue weighted by molar-refractivity contribution is 0.135. The maximum absolute atomic E-state index is 12.9. The molecule has 1 aliphatic heterocycles. The maximum Gasteiger partial charge on any atom is 0.218 e. The van der Waals surface area contributed by atoms with Crippen LogP contribution >= 0.6 is 0 Å². The number of rotatable bonds is 5. The van der Waals surface area contributed by atoms with Crippen molar-refractivity contribution in [2.45, 2.75) is 31.6 Å². The number of hydrogen-bond donors (Lipinski definition) is 0. The van der Waals surface area contributed by atoms with Crippen molar-refractivity contribution < 1.29 is 17.5 Å². The zero-order valence-corrected chi connectivity index (χ0v) is 15.0. The lowest BCUT2D eigenvalue weighted by Crippen LogP contribution is -2.42. The average molecular weight is 363 g/mol. The number of hydrogen-bond acceptors (Lipinski definition) is 3. The van der Waals surface area contributed by atoms with Gasteiger partial charge in [0.25, 0.3) is 0 Å². The highest BCUT2D eigenvalue weighted by Gasteiger charge is 2.29. The van der Waals surface area contributed by atoms with Crippen molar-refractivity contribution in [1.29, 1.82) is 0 Å². The number of benzene rings is 2. The fourth-order valence-electron chi connectivity index (χ4n) is 2.99. The van der Waals surface area contributed by atoms with E-state index in [0.717, 1.165) is 11.1 Å². The molecule has 0 atom stereocenters. The number of sulfonamides is 1. The number of ether oxygens (including phenoxy) is 1. The molecule has 25 heavy (non-hydrogen) atoms. The third-order valence-electron chi connectivity index (χ3n) is 4.51. The monoisotopic (exact) mass is 363 g/mol. The number of halogens is 1. The van der Waals surface area contributed by atoms with Gasteiger partial charge in [0.2, 0.25) is 10.0 Å². The van der Waals surface area contributed by atoms with Gasteiger partial charge < -0.3 is 4.74 Å². The molecular formula is C19H22FNO3S. The maximum atomic E-state index is 12.9. The number of nitrogens with zero attached hydrogens (tertiary/aromatic N) is 1. The molecule has 1 aliphatic rings. The second kappa shape index (κ2) is 7.54. The van der Waals surface area contributed by atoms with Crippen LogP contribution in [-0.4, -0.2) is 31.9 Å². The topological polar surface area (TPSA) is 46.6 Å². The molecule has 1 fully saturated rings. The van der Waals surface area contributed by atoms with Gasteiger partial charge in [0, 0.05) is 13.1 Å². The second-order valence-corrected chi connectivity index (χ2v) is 8.32. The van der Waals surface area contributed by atoms with Gasteiger partial charge in [-0.1, -0.05) is 24.3 Å². The minimum Gasteiger partial charge on any atom is -0.490 e. The third kappa shape index (κ3) is 4.58. The Morgan fingerprint density at radius 3 is 2.36 bits per heavy atom. The van der Waals surface area contributed by atoms with Gasteiger partial charge in [-0.25, -0.2) is 17.1 Å². The molecule has 0 saturated carbocycles. The van der Waals surface area contributed by atoms with E-state index in [-0.39, 0.29) is 17.7 Å². The van der Waals surface area contributed by atoms with E-state index in [0.29, 0.717) is 31.7 Å². The summed E-state index contributed by atoms with van der Waals surface area (Å²) in [6, 6.07) is 13.5. The van der Waals surface area contributed by atoms with Crippen molar-refractivity contribution in [1.82, 2.24) is 4.31 Å². The zero-order valence-electron chi connectivity index (χ0n) is 14.2. The van der Waals surface area contributed by atoms with Crippen molar-refractivity contribution in [3.05, 3.63) is 65.5 Å². The summed E-state index contributed by atoms with van der Waals surface area (Å²) >= 11 is 0. The highest BCUT2D eigenvalue weighted by atomic mass is 32.2. The average Bonchev–Trinajstić information content (AvgIpc) is 2.59. The minimum absolute atomic E-state index is 0.0309.